The van der Waals surface area contributed by atoms with E-state index >= 15 is 0 Å². The van der Waals surface area contributed by atoms with E-state index in [0.29, 0.717) is 0 Å². The first-order valence-corrected chi connectivity index (χ1v) is 13.5. The number of para-hydroxylation sites is 3. The lowest BCUT2D eigenvalue weighted by molar-refractivity contribution is 0.714. The Labute approximate surface area is 230 Å². The van der Waals surface area contributed by atoms with Crippen molar-refractivity contribution in [1.82, 2.24) is 0 Å². The topological polar surface area (TPSA) is 3.24 Å². The molecular weight excluding hydrogens is 470 g/mol. The van der Waals surface area contributed by atoms with Crippen molar-refractivity contribution in [2.45, 2.75) is 12.3 Å². The summed E-state index contributed by atoms with van der Waals surface area (Å²) in [5.74, 6) is 0. The molecule has 1 heteroatoms. The molecule has 186 valence electrons. The maximum atomic E-state index is 2.37. The first-order chi connectivity index (χ1) is 19.2. The lowest BCUT2D eigenvalue weighted by Gasteiger charge is -2.29. The summed E-state index contributed by atoms with van der Waals surface area (Å²) in [6, 6.07) is 56.8. The van der Waals surface area contributed by atoms with E-state index in [1.165, 1.54) is 38.9 Å². The summed E-state index contributed by atoms with van der Waals surface area (Å²) in [6.45, 7) is 2.37. The normalized spacial score (nSPS) is 12.9. The van der Waals surface area contributed by atoms with Gasteiger partial charge in [-0.3, -0.25) is 0 Å². The smallest absolute Gasteiger partial charge is 0.0540 e. The number of anilines is 3. The van der Waals surface area contributed by atoms with Gasteiger partial charge >= 0.3 is 0 Å². The zero-order chi connectivity index (χ0) is 26.2. The van der Waals surface area contributed by atoms with Crippen molar-refractivity contribution in [1.29, 1.82) is 0 Å². The monoisotopic (exact) mass is 499 g/mol. The minimum absolute atomic E-state index is 0.189. The Morgan fingerprint density at radius 2 is 0.846 bits per heavy atom. The van der Waals surface area contributed by atoms with Crippen LogP contribution in [0.4, 0.5) is 17.1 Å². The van der Waals surface area contributed by atoms with Gasteiger partial charge in [-0.25, -0.2) is 0 Å². The van der Waals surface area contributed by atoms with Crippen LogP contribution in [0.15, 0.2) is 158 Å². The molecule has 0 unspecified atom stereocenters. The Kier molecular flexibility index (Phi) is 5.64. The third-order valence-corrected chi connectivity index (χ3v) is 8.17. The standard InChI is InChI=1S/C38H29N/c1-38(35-21-11-8-19-33(35)34-20-9-12-22-36(34)38)29-26-24-28(25-27-29)32-18-10-13-23-37(32)39(30-14-4-2-5-15-30)31-16-6-3-7-17-31/h2-27H,1H3. The minimum atomic E-state index is -0.189. The fraction of sp³-hybridized carbons (Fsp3) is 0.0526. The molecule has 0 radical (unpaired) electrons. The van der Waals surface area contributed by atoms with E-state index in [9.17, 15) is 0 Å². The highest BCUT2D eigenvalue weighted by molar-refractivity contribution is 5.88. The zero-order valence-corrected chi connectivity index (χ0v) is 22.0. The van der Waals surface area contributed by atoms with E-state index in [0.717, 1.165) is 17.1 Å². The largest absolute Gasteiger partial charge is 0.310 e. The van der Waals surface area contributed by atoms with Gasteiger partial charge in [0, 0.05) is 22.4 Å². The van der Waals surface area contributed by atoms with Crippen LogP contribution < -0.4 is 4.90 Å². The molecule has 7 rings (SSSR count). The lowest BCUT2D eigenvalue weighted by Crippen LogP contribution is -2.22. The molecular formula is C38H29N. The fourth-order valence-corrected chi connectivity index (χ4v) is 6.24. The van der Waals surface area contributed by atoms with Crippen molar-refractivity contribution in [3.8, 4) is 22.3 Å². The maximum Gasteiger partial charge on any atom is 0.0540 e. The van der Waals surface area contributed by atoms with Crippen LogP contribution in [-0.4, -0.2) is 0 Å². The summed E-state index contributed by atoms with van der Waals surface area (Å²) in [7, 11) is 0. The molecule has 39 heavy (non-hydrogen) atoms. The predicted molar refractivity (Wildman–Crippen MR) is 164 cm³/mol. The van der Waals surface area contributed by atoms with E-state index in [1.807, 2.05) is 0 Å². The van der Waals surface area contributed by atoms with Crippen molar-refractivity contribution in [2.24, 2.45) is 0 Å². The van der Waals surface area contributed by atoms with Gasteiger partial charge in [0.05, 0.1) is 5.69 Å². The molecule has 0 aliphatic heterocycles. The van der Waals surface area contributed by atoms with E-state index in [4.69, 9.17) is 0 Å². The second-order valence-electron chi connectivity index (χ2n) is 10.3. The highest BCUT2D eigenvalue weighted by atomic mass is 15.1. The first kappa shape index (κ1) is 23.3. The first-order valence-electron chi connectivity index (χ1n) is 13.5. The van der Waals surface area contributed by atoms with E-state index in [1.54, 1.807) is 0 Å². The van der Waals surface area contributed by atoms with E-state index in [-0.39, 0.29) is 5.41 Å². The minimum Gasteiger partial charge on any atom is -0.310 e. The van der Waals surface area contributed by atoms with Crippen molar-refractivity contribution < 1.29 is 0 Å². The molecule has 0 atom stereocenters. The Bertz CT molecular complexity index is 1670. The van der Waals surface area contributed by atoms with Crippen LogP contribution in [-0.2, 0) is 5.41 Å². The predicted octanol–water partition coefficient (Wildman–Crippen LogP) is 10.2. The number of benzene rings is 6. The summed E-state index contributed by atoms with van der Waals surface area (Å²) in [5, 5.41) is 0. The average Bonchev–Trinajstić information content (AvgIpc) is 3.28. The molecule has 0 saturated heterocycles. The van der Waals surface area contributed by atoms with Gasteiger partial charge in [0.25, 0.3) is 0 Å². The van der Waals surface area contributed by atoms with Crippen LogP contribution in [0, 0.1) is 0 Å². The Morgan fingerprint density at radius 3 is 1.38 bits per heavy atom. The lowest BCUT2D eigenvalue weighted by atomic mass is 9.74. The van der Waals surface area contributed by atoms with Crippen LogP contribution in [0.1, 0.15) is 23.6 Å². The molecule has 0 aromatic heterocycles. The summed E-state index contributed by atoms with van der Waals surface area (Å²) in [6.07, 6.45) is 0. The molecule has 1 nitrogen and oxygen atoms in total. The summed E-state index contributed by atoms with van der Waals surface area (Å²) in [4.78, 5) is 2.34. The second kappa shape index (κ2) is 9.45. The van der Waals surface area contributed by atoms with Crippen LogP contribution in [0.5, 0.6) is 0 Å². The Balaban J connectivity index is 1.34. The van der Waals surface area contributed by atoms with Crippen molar-refractivity contribution in [2.75, 3.05) is 4.90 Å². The van der Waals surface area contributed by atoms with Gasteiger partial charge in [-0.1, -0.05) is 127 Å². The zero-order valence-electron chi connectivity index (χ0n) is 22.0. The fourth-order valence-electron chi connectivity index (χ4n) is 6.24. The maximum absolute atomic E-state index is 2.37. The third kappa shape index (κ3) is 3.78. The summed E-state index contributed by atoms with van der Waals surface area (Å²) in [5.41, 5.74) is 12.4. The average molecular weight is 500 g/mol. The molecule has 0 N–H and O–H groups in total. The van der Waals surface area contributed by atoms with Gasteiger partial charge in [0.15, 0.2) is 0 Å². The molecule has 0 bridgehead atoms. The molecule has 0 amide bonds. The summed E-state index contributed by atoms with van der Waals surface area (Å²) < 4.78 is 0. The van der Waals surface area contributed by atoms with Crippen LogP contribution >= 0.6 is 0 Å². The van der Waals surface area contributed by atoms with Crippen molar-refractivity contribution in [3.63, 3.8) is 0 Å². The number of hydrogen-bond acceptors (Lipinski definition) is 1. The third-order valence-electron chi connectivity index (χ3n) is 8.17. The second-order valence-corrected chi connectivity index (χ2v) is 10.3. The number of fused-ring (bicyclic) bond motifs is 3. The molecule has 0 fully saturated rings. The SMILES string of the molecule is CC1(c2ccc(-c3ccccc3N(c3ccccc3)c3ccccc3)cc2)c2ccccc2-c2ccccc21. The molecule has 0 spiro atoms. The molecule has 0 saturated carbocycles. The van der Waals surface area contributed by atoms with Crippen molar-refractivity contribution >= 4 is 17.1 Å². The van der Waals surface area contributed by atoms with Crippen LogP contribution in [0.25, 0.3) is 22.3 Å². The Morgan fingerprint density at radius 1 is 0.410 bits per heavy atom. The number of nitrogens with zero attached hydrogens (tertiary/aromatic N) is 1. The van der Waals surface area contributed by atoms with Crippen LogP contribution in [0.2, 0.25) is 0 Å². The molecule has 6 aromatic rings. The highest BCUT2D eigenvalue weighted by Crippen LogP contribution is 2.52. The van der Waals surface area contributed by atoms with Crippen molar-refractivity contribution in [3.05, 3.63) is 174 Å². The van der Waals surface area contributed by atoms with E-state index < -0.39 is 0 Å². The van der Waals surface area contributed by atoms with Gasteiger partial charge in [-0.15, -0.1) is 0 Å². The molecule has 1 aliphatic carbocycles. The van der Waals surface area contributed by atoms with Gasteiger partial charge < -0.3 is 4.90 Å². The quantitative estimate of drug-likeness (QED) is 0.228. The van der Waals surface area contributed by atoms with Gasteiger partial charge in [-0.2, -0.15) is 0 Å². The molecule has 6 aromatic carbocycles. The molecule has 0 heterocycles. The van der Waals surface area contributed by atoms with Gasteiger partial charge in [0.2, 0.25) is 0 Å². The van der Waals surface area contributed by atoms with Gasteiger partial charge in [0.1, 0.15) is 0 Å². The Hall–Kier alpha value is -4.88. The van der Waals surface area contributed by atoms with Gasteiger partial charge in [-0.05, 0) is 70.6 Å². The number of rotatable bonds is 5. The highest BCUT2D eigenvalue weighted by Gasteiger charge is 2.40. The van der Waals surface area contributed by atoms with Crippen LogP contribution in [0.3, 0.4) is 0 Å². The molecule has 1 aliphatic rings. The van der Waals surface area contributed by atoms with E-state index in [2.05, 4.69) is 170 Å². The number of hydrogen-bond donors (Lipinski definition) is 0. The summed E-state index contributed by atoms with van der Waals surface area (Å²) >= 11 is 0.